The molecule has 10 heteroatoms. The van der Waals surface area contributed by atoms with Crippen molar-refractivity contribution in [1.29, 1.82) is 0 Å². The Labute approximate surface area is 160 Å². The van der Waals surface area contributed by atoms with Crippen LogP contribution in [0.25, 0.3) is 0 Å². The molecule has 0 unspecified atom stereocenters. The van der Waals surface area contributed by atoms with E-state index < -0.39 is 35.8 Å². The molecule has 0 bridgehead atoms. The van der Waals surface area contributed by atoms with Crippen molar-refractivity contribution in [2.24, 2.45) is 5.92 Å². The van der Waals surface area contributed by atoms with Gasteiger partial charge in [0.1, 0.15) is 12.6 Å². The first-order valence-electron chi connectivity index (χ1n) is 8.82. The van der Waals surface area contributed by atoms with E-state index in [9.17, 15) is 24.0 Å². The molecular weight excluding hydrogens is 368 g/mol. The molecule has 28 heavy (non-hydrogen) atoms. The fourth-order valence-corrected chi connectivity index (χ4v) is 2.93. The summed E-state index contributed by atoms with van der Waals surface area (Å²) in [6.07, 6.45) is -0.0466. The van der Waals surface area contributed by atoms with Crippen LogP contribution in [0.15, 0.2) is 24.3 Å². The van der Waals surface area contributed by atoms with E-state index in [2.05, 4.69) is 10.6 Å². The Morgan fingerprint density at radius 2 is 1.75 bits per heavy atom. The highest BCUT2D eigenvalue weighted by Gasteiger charge is 2.37. The lowest BCUT2D eigenvalue weighted by Gasteiger charge is -2.31. The van der Waals surface area contributed by atoms with E-state index in [1.54, 1.807) is 38.1 Å². The number of hydroxylamine groups is 2. The molecule has 1 fully saturated rings. The molecule has 2 aliphatic heterocycles. The van der Waals surface area contributed by atoms with Gasteiger partial charge in [-0.15, -0.1) is 5.06 Å². The summed E-state index contributed by atoms with van der Waals surface area (Å²) < 4.78 is 0. The second-order valence-corrected chi connectivity index (χ2v) is 6.81. The zero-order valence-electron chi connectivity index (χ0n) is 15.4. The number of anilines is 2. The van der Waals surface area contributed by atoms with Crippen LogP contribution < -0.4 is 15.5 Å². The molecule has 2 N–H and O–H groups in total. The van der Waals surface area contributed by atoms with Crippen molar-refractivity contribution in [2.45, 2.75) is 32.7 Å². The highest BCUT2D eigenvalue weighted by Crippen LogP contribution is 2.29. The molecule has 3 rings (SSSR count). The Balaban J connectivity index is 1.75. The van der Waals surface area contributed by atoms with Crippen molar-refractivity contribution in [2.75, 3.05) is 16.8 Å². The van der Waals surface area contributed by atoms with Gasteiger partial charge in [-0.1, -0.05) is 26.0 Å². The van der Waals surface area contributed by atoms with E-state index in [-0.39, 0.29) is 25.3 Å². The van der Waals surface area contributed by atoms with Gasteiger partial charge in [0.05, 0.1) is 11.4 Å². The molecule has 0 spiro atoms. The number of nitrogens with one attached hydrogen (secondary N) is 2. The molecule has 2 heterocycles. The van der Waals surface area contributed by atoms with Gasteiger partial charge in [0.15, 0.2) is 0 Å². The predicted octanol–water partition coefficient (Wildman–Crippen LogP) is 0.786. The molecule has 148 valence electrons. The molecule has 1 aromatic rings. The van der Waals surface area contributed by atoms with Gasteiger partial charge in [0, 0.05) is 12.8 Å². The normalized spacial score (nSPS) is 17.3. The first-order valence-corrected chi connectivity index (χ1v) is 8.82. The van der Waals surface area contributed by atoms with E-state index in [0.717, 1.165) is 0 Å². The molecule has 0 saturated carbocycles. The van der Waals surface area contributed by atoms with E-state index in [0.29, 0.717) is 16.4 Å². The highest BCUT2D eigenvalue weighted by atomic mass is 16.7. The number of hydrogen-bond acceptors (Lipinski definition) is 6. The highest BCUT2D eigenvalue weighted by molar-refractivity contribution is 6.10. The van der Waals surface area contributed by atoms with Crippen LogP contribution in [-0.2, 0) is 24.0 Å². The maximum absolute atomic E-state index is 12.8. The lowest BCUT2D eigenvalue weighted by molar-refractivity contribution is -0.199. The summed E-state index contributed by atoms with van der Waals surface area (Å²) in [5.41, 5.74) is 0.964. The smallest absolute Gasteiger partial charge is 0.328 e. The Morgan fingerprint density at radius 1 is 1.11 bits per heavy atom. The Morgan fingerprint density at radius 3 is 2.39 bits per heavy atom. The van der Waals surface area contributed by atoms with Gasteiger partial charge < -0.3 is 15.5 Å². The van der Waals surface area contributed by atoms with Crippen molar-refractivity contribution in [3.8, 4) is 0 Å². The van der Waals surface area contributed by atoms with Crippen molar-refractivity contribution in [1.82, 2.24) is 10.4 Å². The molecular formula is C18H20N4O6. The third kappa shape index (κ3) is 3.80. The minimum atomic E-state index is -1.12. The summed E-state index contributed by atoms with van der Waals surface area (Å²) in [7, 11) is 0. The number of carbonyl (C=O) groups excluding carboxylic acids is 5. The zero-order valence-corrected chi connectivity index (χ0v) is 15.4. The van der Waals surface area contributed by atoms with Gasteiger partial charge in [0.25, 0.3) is 11.8 Å². The molecule has 2 aliphatic rings. The number of hydrogen-bond donors (Lipinski definition) is 2. The van der Waals surface area contributed by atoms with Gasteiger partial charge >= 0.3 is 12.0 Å². The Hall–Kier alpha value is -3.43. The fraction of sp³-hybridized carbons (Fsp3) is 0.389. The standard InChI is InChI=1S/C18H20N4O6/c1-10(2)16(17(26)28-22-14(24)7-8-15(22)25)20-18(27)21-9-13(23)19-11-5-3-4-6-12(11)21/h3-6,10,16H,7-9H2,1-2H3,(H,19,23)(H,20,27)/t16-/m0/s1. The number of imide groups is 1. The first kappa shape index (κ1) is 19.3. The number of rotatable bonds is 4. The van der Waals surface area contributed by atoms with Gasteiger partial charge in [-0.3, -0.25) is 19.3 Å². The Kier molecular flexibility index (Phi) is 5.30. The molecule has 1 aromatic carbocycles. The van der Waals surface area contributed by atoms with E-state index in [1.807, 2.05) is 0 Å². The van der Waals surface area contributed by atoms with E-state index >= 15 is 0 Å². The van der Waals surface area contributed by atoms with Crippen LogP contribution in [0, 0.1) is 5.92 Å². The lowest BCUT2D eigenvalue weighted by Crippen LogP contribution is -2.54. The second kappa shape index (κ2) is 7.67. The third-order valence-corrected chi connectivity index (χ3v) is 4.40. The number of nitrogens with zero attached hydrogens (tertiary/aromatic N) is 2. The van der Waals surface area contributed by atoms with Gasteiger partial charge in [-0.05, 0) is 18.1 Å². The zero-order chi connectivity index (χ0) is 20.4. The maximum atomic E-state index is 12.8. The second-order valence-electron chi connectivity index (χ2n) is 6.81. The van der Waals surface area contributed by atoms with Crippen molar-refractivity contribution in [3.63, 3.8) is 0 Å². The lowest BCUT2D eigenvalue weighted by atomic mass is 10.1. The topological polar surface area (TPSA) is 125 Å². The SMILES string of the molecule is CC(C)[C@H](NC(=O)N1CC(=O)Nc2ccccc21)C(=O)ON1C(=O)CCC1=O. The summed E-state index contributed by atoms with van der Waals surface area (Å²) in [5, 5.41) is 5.64. The van der Waals surface area contributed by atoms with Crippen molar-refractivity contribution < 1.29 is 28.8 Å². The predicted molar refractivity (Wildman–Crippen MR) is 96.8 cm³/mol. The largest absolute Gasteiger partial charge is 0.355 e. The number of fused-ring (bicyclic) bond motifs is 1. The average molecular weight is 388 g/mol. The Bertz CT molecular complexity index is 836. The third-order valence-electron chi connectivity index (χ3n) is 4.40. The van der Waals surface area contributed by atoms with Gasteiger partial charge in [-0.25, -0.2) is 9.59 Å². The van der Waals surface area contributed by atoms with Crippen LogP contribution in [0.1, 0.15) is 26.7 Å². The number of carbonyl (C=O) groups is 5. The van der Waals surface area contributed by atoms with Crippen molar-refractivity contribution >= 4 is 41.1 Å². The van der Waals surface area contributed by atoms with Gasteiger partial charge in [0.2, 0.25) is 5.91 Å². The summed E-state index contributed by atoms with van der Waals surface area (Å²) in [6, 6.07) is 4.97. The number of amides is 5. The number of benzene rings is 1. The van der Waals surface area contributed by atoms with Gasteiger partial charge in [-0.2, -0.15) is 0 Å². The van der Waals surface area contributed by atoms with Crippen LogP contribution in [0.4, 0.5) is 16.2 Å². The average Bonchev–Trinajstić information content (AvgIpc) is 2.96. The molecule has 5 amide bonds. The molecule has 1 atom stereocenters. The molecule has 10 nitrogen and oxygen atoms in total. The molecule has 0 aliphatic carbocycles. The minimum absolute atomic E-state index is 0.0233. The fourth-order valence-electron chi connectivity index (χ4n) is 2.93. The van der Waals surface area contributed by atoms with Crippen LogP contribution in [-0.4, -0.2) is 47.4 Å². The number of para-hydroxylation sites is 2. The first-order chi connectivity index (χ1) is 13.3. The van der Waals surface area contributed by atoms with E-state index in [4.69, 9.17) is 4.84 Å². The van der Waals surface area contributed by atoms with Crippen LogP contribution in [0.3, 0.4) is 0 Å². The maximum Gasteiger partial charge on any atom is 0.355 e. The summed E-state index contributed by atoms with van der Waals surface area (Å²) in [6.45, 7) is 3.14. The van der Waals surface area contributed by atoms with Crippen LogP contribution in [0.5, 0.6) is 0 Å². The summed E-state index contributed by atoms with van der Waals surface area (Å²) in [4.78, 5) is 66.6. The van der Waals surface area contributed by atoms with Crippen LogP contribution >= 0.6 is 0 Å². The van der Waals surface area contributed by atoms with Crippen LogP contribution in [0.2, 0.25) is 0 Å². The summed E-state index contributed by atoms with van der Waals surface area (Å²) >= 11 is 0. The molecule has 1 saturated heterocycles. The molecule has 0 radical (unpaired) electrons. The molecule has 0 aromatic heterocycles. The minimum Gasteiger partial charge on any atom is -0.328 e. The van der Waals surface area contributed by atoms with Crippen molar-refractivity contribution in [3.05, 3.63) is 24.3 Å². The van der Waals surface area contributed by atoms with E-state index in [1.165, 1.54) is 4.90 Å². The monoisotopic (exact) mass is 388 g/mol. The quantitative estimate of drug-likeness (QED) is 0.735. The number of urea groups is 1. The summed E-state index contributed by atoms with van der Waals surface area (Å²) in [5.74, 6) is -2.90.